The molecule has 3 atom stereocenters. The Kier molecular flexibility index (Phi) is 4.64. The molecule has 2 nitrogen and oxygen atoms in total. The average Bonchev–Trinajstić information content (AvgIpc) is 2.40. The monoisotopic (exact) mass is 279 g/mol. The first kappa shape index (κ1) is 14.5. The average molecular weight is 280 g/mol. The predicted molar refractivity (Wildman–Crippen MR) is 79.8 cm³/mol. The van der Waals surface area contributed by atoms with Gasteiger partial charge in [0.2, 0.25) is 0 Å². The number of carbonyl (C=O) groups is 1. The van der Waals surface area contributed by atoms with Crippen LogP contribution < -0.4 is 0 Å². The zero-order valence-corrected chi connectivity index (χ0v) is 12.7. The zero-order chi connectivity index (χ0) is 14.0. The SMILES string of the molecule is CC1CCN(C(C)C(=O)c2cccc(Cl)c2)CC1C. The van der Waals surface area contributed by atoms with Gasteiger partial charge < -0.3 is 0 Å². The van der Waals surface area contributed by atoms with Gasteiger partial charge in [-0.2, -0.15) is 0 Å². The molecule has 1 aromatic carbocycles. The summed E-state index contributed by atoms with van der Waals surface area (Å²) in [4.78, 5) is 14.8. The highest BCUT2D eigenvalue weighted by atomic mass is 35.5. The summed E-state index contributed by atoms with van der Waals surface area (Å²) in [6, 6.07) is 7.18. The summed E-state index contributed by atoms with van der Waals surface area (Å²) in [5, 5.41) is 0.624. The summed E-state index contributed by atoms with van der Waals surface area (Å²) < 4.78 is 0. The topological polar surface area (TPSA) is 20.3 Å². The summed E-state index contributed by atoms with van der Waals surface area (Å²) in [6.07, 6.45) is 1.17. The fourth-order valence-corrected chi connectivity index (χ4v) is 2.89. The van der Waals surface area contributed by atoms with Crippen LogP contribution in [0.3, 0.4) is 0 Å². The van der Waals surface area contributed by atoms with Crippen molar-refractivity contribution in [2.75, 3.05) is 13.1 Å². The molecule has 3 unspecified atom stereocenters. The van der Waals surface area contributed by atoms with E-state index in [0.717, 1.165) is 19.0 Å². The van der Waals surface area contributed by atoms with Gasteiger partial charge in [-0.05, 0) is 43.9 Å². The third-order valence-electron chi connectivity index (χ3n) is 4.40. The molecule has 0 N–H and O–H groups in total. The number of benzene rings is 1. The van der Waals surface area contributed by atoms with Gasteiger partial charge in [-0.1, -0.05) is 37.6 Å². The number of hydrogen-bond acceptors (Lipinski definition) is 2. The van der Waals surface area contributed by atoms with E-state index in [9.17, 15) is 4.79 Å². The van der Waals surface area contributed by atoms with Crippen LogP contribution in [-0.2, 0) is 0 Å². The maximum Gasteiger partial charge on any atom is 0.179 e. The van der Waals surface area contributed by atoms with E-state index < -0.39 is 0 Å². The Morgan fingerprint density at radius 2 is 2.11 bits per heavy atom. The molecule has 0 amide bonds. The fraction of sp³-hybridized carbons (Fsp3) is 0.562. The second kappa shape index (κ2) is 6.06. The molecule has 1 aromatic rings. The molecule has 0 aromatic heterocycles. The van der Waals surface area contributed by atoms with E-state index in [-0.39, 0.29) is 11.8 Å². The summed E-state index contributed by atoms with van der Waals surface area (Å²) >= 11 is 5.96. The standard InChI is InChI=1S/C16H22ClNO/c1-11-7-8-18(10-12(11)2)13(3)16(19)14-5-4-6-15(17)9-14/h4-6,9,11-13H,7-8,10H2,1-3H3. The van der Waals surface area contributed by atoms with Crippen LogP contribution in [0.25, 0.3) is 0 Å². The third kappa shape index (κ3) is 3.37. The Morgan fingerprint density at radius 3 is 2.74 bits per heavy atom. The van der Waals surface area contributed by atoms with Crippen molar-refractivity contribution in [3.63, 3.8) is 0 Å². The lowest BCUT2D eigenvalue weighted by Crippen LogP contribution is -2.46. The Labute approximate surface area is 120 Å². The number of halogens is 1. The van der Waals surface area contributed by atoms with E-state index in [4.69, 9.17) is 11.6 Å². The number of rotatable bonds is 3. The lowest BCUT2D eigenvalue weighted by molar-refractivity contribution is 0.0689. The highest BCUT2D eigenvalue weighted by Crippen LogP contribution is 2.25. The first-order valence-electron chi connectivity index (χ1n) is 7.03. The largest absolute Gasteiger partial charge is 0.293 e. The Balaban J connectivity index is 2.07. The number of hydrogen-bond donors (Lipinski definition) is 0. The Hall–Kier alpha value is -0.860. The van der Waals surface area contributed by atoms with Gasteiger partial charge in [0.1, 0.15) is 0 Å². The van der Waals surface area contributed by atoms with E-state index in [2.05, 4.69) is 18.7 Å². The molecule has 0 bridgehead atoms. The molecule has 19 heavy (non-hydrogen) atoms. The van der Waals surface area contributed by atoms with Crippen LogP contribution in [0.5, 0.6) is 0 Å². The van der Waals surface area contributed by atoms with Gasteiger partial charge >= 0.3 is 0 Å². The number of Topliss-reactive ketones (excluding diaryl/α,β-unsaturated/α-hetero) is 1. The molecule has 1 saturated heterocycles. The van der Waals surface area contributed by atoms with Gasteiger partial charge in [-0.25, -0.2) is 0 Å². The Bertz CT molecular complexity index is 460. The highest BCUT2D eigenvalue weighted by molar-refractivity contribution is 6.31. The van der Waals surface area contributed by atoms with Crippen molar-refractivity contribution in [1.82, 2.24) is 4.90 Å². The van der Waals surface area contributed by atoms with E-state index in [1.165, 1.54) is 6.42 Å². The minimum atomic E-state index is -0.0617. The van der Waals surface area contributed by atoms with E-state index in [1.54, 1.807) is 12.1 Å². The van der Waals surface area contributed by atoms with Gasteiger partial charge in [0.15, 0.2) is 5.78 Å². The van der Waals surface area contributed by atoms with Crippen LogP contribution >= 0.6 is 11.6 Å². The van der Waals surface area contributed by atoms with Crippen molar-refractivity contribution in [3.05, 3.63) is 34.9 Å². The normalized spacial score (nSPS) is 26.1. The van der Waals surface area contributed by atoms with E-state index in [0.29, 0.717) is 16.5 Å². The number of likely N-dealkylation sites (tertiary alicyclic amines) is 1. The first-order chi connectivity index (χ1) is 8.99. The van der Waals surface area contributed by atoms with Crippen LogP contribution in [0.1, 0.15) is 37.6 Å². The van der Waals surface area contributed by atoms with E-state index >= 15 is 0 Å². The number of ketones is 1. The van der Waals surface area contributed by atoms with Crippen molar-refractivity contribution in [2.24, 2.45) is 11.8 Å². The Morgan fingerprint density at radius 1 is 1.37 bits per heavy atom. The lowest BCUT2D eigenvalue weighted by atomic mass is 9.87. The molecule has 1 heterocycles. The molecule has 0 spiro atoms. The second-order valence-electron chi connectivity index (χ2n) is 5.79. The molecule has 2 rings (SSSR count). The molecule has 1 aliphatic heterocycles. The van der Waals surface area contributed by atoms with Crippen LogP contribution in [0.15, 0.2) is 24.3 Å². The van der Waals surface area contributed by atoms with Crippen molar-refractivity contribution < 1.29 is 4.79 Å². The van der Waals surface area contributed by atoms with Crippen molar-refractivity contribution >= 4 is 17.4 Å². The summed E-state index contributed by atoms with van der Waals surface area (Å²) in [5.74, 6) is 1.58. The minimum Gasteiger partial charge on any atom is -0.293 e. The van der Waals surface area contributed by atoms with Crippen molar-refractivity contribution in [3.8, 4) is 0 Å². The zero-order valence-electron chi connectivity index (χ0n) is 11.9. The third-order valence-corrected chi connectivity index (χ3v) is 4.64. The second-order valence-corrected chi connectivity index (χ2v) is 6.23. The van der Waals surface area contributed by atoms with Gasteiger partial charge in [-0.15, -0.1) is 0 Å². The molecule has 0 aliphatic carbocycles. The van der Waals surface area contributed by atoms with Crippen LogP contribution in [-0.4, -0.2) is 29.8 Å². The van der Waals surface area contributed by atoms with Crippen molar-refractivity contribution in [1.29, 1.82) is 0 Å². The maximum absolute atomic E-state index is 12.5. The molecule has 3 heteroatoms. The lowest BCUT2D eigenvalue weighted by Gasteiger charge is -2.38. The van der Waals surface area contributed by atoms with Gasteiger partial charge in [0.25, 0.3) is 0 Å². The number of piperidine rings is 1. The number of nitrogens with zero attached hydrogens (tertiary/aromatic N) is 1. The van der Waals surface area contributed by atoms with Crippen LogP contribution in [0, 0.1) is 11.8 Å². The molecular weight excluding hydrogens is 258 g/mol. The van der Waals surface area contributed by atoms with Gasteiger partial charge in [0.05, 0.1) is 6.04 Å². The molecular formula is C16H22ClNO. The van der Waals surface area contributed by atoms with E-state index in [1.807, 2.05) is 19.1 Å². The molecule has 104 valence electrons. The molecule has 0 saturated carbocycles. The summed E-state index contributed by atoms with van der Waals surface area (Å²) in [6.45, 7) is 8.60. The minimum absolute atomic E-state index is 0.0617. The summed E-state index contributed by atoms with van der Waals surface area (Å²) in [5.41, 5.74) is 0.714. The predicted octanol–water partition coefficient (Wildman–Crippen LogP) is 3.89. The molecule has 1 aliphatic rings. The molecule has 1 fully saturated rings. The quantitative estimate of drug-likeness (QED) is 0.783. The van der Waals surface area contributed by atoms with Gasteiger partial charge in [-0.3, -0.25) is 9.69 Å². The fourth-order valence-electron chi connectivity index (χ4n) is 2.70. The van der Waals surface area contributed by atoms with Crippen LogP contribution in [0.4, 0.5) is 0 Å². The van der Waals surface area contributed by atoms with Gasteiger partial charge in [0, 0.05) is 17.1 Å². The number of carbonyl (C=O) groups excluding carboxylic acids is 1. The maximum atomic E-state index is 12.5. The highest BCUT2D eigenvalue weighted by Gasteiger charge is 2.29. The van der Waals surface area contributed by atoms with Crippen molar-refractivity contribution in [2.45, 2.75) is 33.2 Å². The molecule has 0 radical (unpaired) electrons. The van der Waals surface area contributed by atoms with Crippen LogP contribution in [0.2, 0.25) is 5.02 Å². The summed E-state index contributed by atoms with van der Waals surface area (Å²) in [7, 11) is 0. The first-order valence-corrected chi connectivity index (χ1v) is 7.40. The smallest absolute Gasteiger partial charge is 0.179 e.